The van der Waals surface area contributed by atoms with Crippen LogP contribution in [0.5, 0.6) is 11.8 Å². The van der Waals surface area contributed by atoms with Crippen molar-refractivity contribution in [3.63, 3.8) is 0 Å². The Morgan fingerprint density at radius 1 is 0.591 bits per heavy atom. The highest BCUT2D eigenvalue weighted by molar-refractivity contribution is 6.12. The molecule has 0 atom stereocenters. The minimum Gasteiger partial charge on any atom is -0.494 e. The van der Waals surface area contributed by atoms with E-state index in [1.807, 2.05) is 60.7 Å². The van der Waals surface area contributed by atoms with Gasteiger partial charge in [0.25, 0.3) is 11.1 Å². The molecule has 226 valence electrons. The number of rotatable bonds is 9. The fourth-order valence-electron chi connectivity index (χ4n) is 4.36. The molecular weight excluding hydrogens is 564 g/mol. The number of aromatic nitrogens is 4. The molecule has 2 aromatic carbocycles. The number of allylic oxidation sites excluding steroid dienone is 2. The van der Waals surface area contributed by atoms with Crippen molar-refractivity contribution in [1.82, 2.24) is 18.3 Å². The molecule has 0 saturated heterocycles. The molecule has 0 aliphatic carbocycles. The second-order valence-corrected chi connectivity index (χ2v) is 9.83. The van der Waals surface area contributed by atoms with Gasteiger partial charge in [0.1, 0.15) is 11.1 Å². The summed E-state index contributed by atoms with van der Waals surface area (Å²) in [7, 11) is 5.30. The first-order chi connectivity index (χ1) is 21.0. The Kier molecular flexibility index (Phi) is 9.54. The van der Waals surface area contributed by atoms with E-state index in [2.05, 4.69) is 9.98 Å². The highest BCUT2D eigenvalue weighted by Crippen LogP contribution is 2.15. The van der Waals surface area contributed by atoms with E-state index in [0.29, 0.717) is 0 Å². The summed E-state index contributed by atoms with van der Waals surface area (Å²) in [5, 5.41) is 21.5. The van der Waals surface area contributed by atoms with E-state index in [1.54, 1.807) is 24.3 Å². The molecule has 12 heteroatoms. The zero-order valence-corrected chi connectivity index (χ0v) is 24.7. The Hall–Kier alpha value is -5.78. The lowest BCUT2D eigenvalue weighted by Crippen LogP contribution is -2.40. The largest absolute Gasteiger partial charge is 0.494 e. The van der Waals surface area contributed by atoms with Gasteiger partial charge in [0.05, 0.1) is 24.5 Å². The molecule has 12 nitrogen and oxygen atoms in total. The Labute approximate surface area is 251 Å². The molecule has 0 aliphatic rings. The van der Waals surface area contributed by atoms with Gasteiger partial charge in [-0.2, -0.15) is 0 Å². The number of hydrogen-bond donors (Lipinski definition) is 2. The third-order valence-corrected chi connectivity index (χ3v) is 6.91. The summed E-state index contributed by atoms with van der Waals surface area (Å²) >= 11 is 0. The van der Waals surface area contributed by atoms with Crippen LogP contribution >= 0.6 is 0 Å². The Balaban J connectivity index is 1.80. The third kappa shape index (κ3) is 6.49. The van der Waals surface area contributed by atoms with Gasteiger partial charge in [-0.1, -0.05) is 72.8 Å². The number of aromatic hydroxyl groups is 2. The summed E-state index contributed by atoms with van der Waals surface area (Å²) in [6.07, 6.45) is 6.55. The summed E-state index contributed by atoms with van der Waals surface area (Å²) in [4.78, 5) is 59.9. The van der Waals surface area contributed by atoms with E-state index >= 15 is 0 Å². The van der Waals surface area contributed by atoms with Crippen LogP contribution < -0.4 is 22.5 Å². The summed E-state index contributed by atoms with van der Waals surface area (Å²) in [5.41, 5.74) is -1.32. The quantitative estimate of drug-likeness (QED) is 0.221. The number of benzene rings is 2. The molecule has 4 aromatic rings. The van der Waals surface area contributed by atoms with Gasteiger partial charge in [0, 0.05) is 28.2 Å². The molecule has 0 saturated carbocycles. The maximum atomic E-state index is 13.1. The molecule has 44 heavy (non-hydrogen) atoms. The predicted molar refractivity (Wildman–Crippen MR) is 171 cm³/mol. The lowest BCUT2D eigenvalue weighted by Gasteiger charge is -2.11. The molecule has 0 unspecified atom stereocenters. The third-order valence-electron chi connectivity index (χ3n) is 6.91. The van der Waals surface area contributed by atoms with Crippen LogP contribution in [-0.4, -0.2) is 53.0 Å². The van der Waals surface area contributed by atoms with E-state index < -0.39 is 34.3 Å². The van der Waals surface area contributed by atoms with Crippen molar-refractivity contribution in [3.8, 4) is 11.8 Å². The molecular formula is C32H32N6O6. The Bertz CT molecular complexity index is 1900. The number of hydrogen-bond acceptors (Lipinski definition) is 8. The van der Waals surface area contributed by atoms with Gasteiger partial charge in [-0.3, -0.25) is 37.8 Å². The monoisotopic (exact) mass is 596 g/mol. The second-order valence-electron chi connectivity index (χ2n) is 9.83. The average molecular weight is 597 g/mol. The van der Waals surface area contributed by atoms with Gasteiger partial charge in [-0.25, -0.2) is 9.59 Å². The van der Waals surface area contributed by atoms with Gasteiger partial charge < -0.3 is 10.2 Å². The van der Waals surface area contributed by atoms with Gasteiger partial charge in [-0.05, 0) is 23.3 Å². The first-order valence-electron chi connectivity index (χ1n) is 13.6. The van der Waals surface area contributed by atoms with Crippen LogP contribution in [0.4, 0.5) is 0 Å². The normalized spacial score (nSPS) is 12.5. The number of aliphatic imine (C=N–C) groups is 2. The zero-order chi connectivity index (χ0) is 32.0. The van der Waals surface area contributed by atoms with Crippen molar-refractivity contribution in [2.75, 3.05) is 13.1 Å². The topological polar surface area (TPSA) is 153 Å². The molecule has 0 aliphatic heterocycles. The summed E-state index contributed by atoms with van der Waals surface area (Å²) in [5.74, 6) is -1.08. The average Bonchev–Trinajstić information content (AvgIpc) is 3.04. The van der Waals surface area contributed by atoms with Crippen molar-refractivity contribution >= 4 is 23.6 Å². The van der Waals surface area contributed by atoms with Gasteiger partial charge in [-0.15, -0.1) is 0 Å². The zero-order valence-electron chi connectivity index (χ0n) is 24.7. The van der Waals surface area contributed by atoms with E-state index in [1.165, 1.54) is 28.2 Å². The van der Waals surface area contributed by atoms with Crippen molar-refractivity contribution < 1.29 is 10.2 Å². The summed E-state index contributed by atoms with van der Waals surface area (Å²) in [6, 6.07) is 18.5. The predicted octanol–water partition coefficient (Wildman–Crippen LogP) is 1.60. The molecule has 0 radical (unpaired) electrons. The lowest BCUT2D eigenvalue weighted by molar-refractivity contribution is 0.410. The Morgan fingerprint density at radius 2 is 0.932 bits per heavy atom. The van der Waals surface area contributed by atoms with E-state index in [4.69, 9.17) is 0 Å². The van der Waals surface area contributed by atoms with Crippen LogP contribution in [0, 0.1) is 0 Å². The minimum absolute atomic E-state index is 0.00455. The van der Waals surface area contributed by atoms with Crippen molar-refractivity contribution in [2.24, 2.45) is 38.2 Å². The molecule has 0 spiro atoms. The lowest BCUT2D eigenvalue weighted by atomic mass is 10.1. The maximum Gasteiger partial charge on any atom is 0.333 e. The first-order valence-corrected chi connectivity index (χ1v) is 13.6. The van der Waals surface area contributed by atoms with Crippen molar-refractivity contribution in [1.29, 1.82) is 0 Å². The van der Waals surface area contributed by atoms with Crippen LogP contribution in [0.25, 0.3) is 12.2 Å². The molecule has 4 rings (SSSR count). The van der Waals surface area contributed by atoms with Crippen LogP contribution in [0.15, 0.2) is 102 Å². The molecule has 2 aromatic heterocycles. The highest BCUT2D eigenvalue weighted by atomic mass is 16.3. The van der Waals surface area contributed by atoms with Gasteiger partial charge in [0.2, 0.25) is 11.8 Å². The summed E-state index contributed by atoms with van der Waals surface area (Å²) in [6.45, 7) is -0.00909. The molecule has 2 heterocycles. The van der Waals surface area contributed by atoms with Gasteiger partial charge >= 0.3 is 11.4 Å². The SMILES string of the molecule is Cn1c(O)c(C(/C=C/c2ccccc2)=NCCN=C(/C=C/c2ccccc2)c2c(O)n(C)c(=O)n(C)c2=O)c(=O)n(C)c1=O. The van der Waals surface area contributed by atoms with E-state index in [0.717, 1.165) is 29.4 Å². The molecule has 0 fully saturated rings. The smallest absolute Gasteiger partial charge is 0.333 e. The summed E-state index contributed by atoms with van der Waals surface area (Å²) < 4.78 is 3.66. The Morgan fingerprint density at radius 3 is 1.27 bits per heavy atom. The molecule has 2 N–H and O–H groups in total. The minimum atomic E-state index is -0.726. The van der Waals surface area contributed by atoms with Crippen LogP contribution in [0.1, 0.15) is 22.3 Å². The molecule has 0 bridgehead atoms. The van der Waals surface area contributed by atoms with Crippen LogP contribution in [0.3, 0.4) is 0 Å². The number of nitrogens with zero attached hydrogens (tertiary/aromatic N) is 6. The highest BCUT2D eigenvalue weighted by Gasteiger charge is 2.20. The van der Waals surface area contributed by atoms with Crippen LogP contribution in [0.2, 0.25) is 0 Å². The fraction of sp³-hybridized carbons (Fsp3) is 0.188. The van der Waals surface area contributed by atoms with Gasteiger partial charge in [0.15, 0.2) is 0 Å². The van der Waals surface area contributed by atoms with Crippen molar-refractivity contribution in [3.05, 3.63) is 137 Å². The second kappa shape index (κ2) is 13.5. The maximum absolute atomic E-state index is 13.1. The molecule has 0 amide bonds. The first kappa shape index (κ1) is 31.2. The standard InChI is InChI=1S/C32H32N6O6/c1-35-27(39)25(28(40)36(2)31(35)43)23(17-15-21-11-7-5-8-12-21)33-19-20-34-24(18-16-22-13-9-6-10-14-22)26-29(41)37(3)32(44)38(4)30(26)42/h5-18,39,41H,19-20H2,1-4H3/b17-15+,18-16+,33-23?,34-24?. The van der Waals surface area contributed by atoms with E-state index in [-0.39, 0.29) is 35.6 Å². The fourth-order valence-corrected chi connectivity index (χ4v) is 4.36. The van der Waals surface area contributed by atoms with E-state index in [9.17, 15) is 29.4 Å². The van der Waals surface area contributed by atoms with Crippen molar-refractivity contribution in [2.45, 2.75) is 0 Å². The van der Waals surface area contributed by atoms with Crippen LogP contribution in [-0.2, 0) is 28.2 Å².